The molecule has 18 heavy (non-hydrogen) atoms. The molecule has 1 fully saturated rings. The van der Waals surface area contributed by atoms with Crippen molar-refractivity contribution in [1.82, 2.24) is 0 Å². The number of rotatable bonds is 3. The number of hydrogen-bond donors (Lipinski definition) is 2. The van der Waals surface area contributed by atoms with Crippen LogP contribution in [0.5, 0.6) is 0 Å². The fraction of sp³-hybridized carbons (Fsp3) is 0.385. The van der Waals surface area contributed by atoms with Gasteiger partial charge < -0.3 is 16.0 Å². The Labute approximate surface area is 106 Å². The molecule has 0 saturated carbocycles. The van der Waals surface area contributed by atoms with Gasteiger partial charge in [0.1, 0.15) is 0 Å². The van der Waals surface area contributed by atoms with E-state index in [0.29, 0.717) is 18.7 Å². The van der Waals surface area contributed by atoms with E-state index in [-0.39, 0.29) is 11.8 Å². The topological polar surface area (TPSA) is 75.4 Å². The Hall–Kier alpha value is -1.88. The summed E-state index contributed by atoms with van der Waals surface area (Å²) in [7, 11) is 0. The number of hydrogen-bond acceptors (Lipinski definition) is 3. The normalized spacial score (nSPS) is 16.8. The lowest BCUT2D eigenvalue weighted by molar-refractivity contribution is -0.118. The fourth-order valence-corrected chi connectivity index (χ4v) is 1.96. The second-order valence-electron chi connectivity index (χ2n) is 4.44. The number of nitrogens with two attached hydrogens (primary N) is 1. The van der Waals surface area contributed by atoms with Crippen LogP contribution < -0.4 is 16.0 Å². The smallest absolute Gasteiger partial charge is 0.241 e. The lowest BCUT2D eigenvalue weighted by Gasteiger charge is -2.20. The zero-order valence-electron chi connectivity index (χ0n) is 10.3. The first-order valence-corrected chi connectivity index (χ1v) is 6.05. The number of carbonyl (C=O) groups excluding carboxylic acids is 2. The quantitative estimate of drug-likeness (QED) is 0.839. The molecule has 1 aromatic carbocycles. The average molecular weight is 247 g/mol. The van der Waals surface area contributed by atoms with Crippen molar-refractivity contribution in [2.75, 3.05) is 16.8 Å². The number of para-hydroxylation sites is 2. The predicted molar refractivity (Wildman–Crippen MR) is 70.3 cm³/mol. The zero-order chi connectivity index (χ0) is 13.1. The second-order valence-corrected chi connectivity index (χ2v) is 4.44. The summed E-state index contributed by atoms with van der Waals surface area (Å²) in [6, 6.07) is 6.71. The molecule has 2 rings (SSSR count). The van der Waals surface area contributed by atoms with Crippen molar-refractivity contribution < 1.29 is 9.59 Å². The predicted octanol–water partition coefficient (Wildman–Crippen LogP) is 1.10. The summed E-state index contributed by atoms with van der Waals surface area (Å²) in [5.41, 5.74) is 6.90. The highest BCUT2D eigenvalue weighted by Crippen LogP contribution is 2.29. The Bertz CT molecular complexity index is 471. The number of anilines is 2. The molecule has 3 N–H and O–H groups in total. The summed E-state index contributed by atoms with van der Waals surface area (Å²) in [4.78, 5) is 25.1. The van der Waals surface area contributed by atoms with Crippen LogP contribution in [-0.2, 0) is 9.59 Å². The molecular formula is C13H17N3O2. The summed E-state index contributed by atoms with van der Waals surface area (Å²) in [6.07, 6.45) is 1.42. The third kappa shape index (κ3) is 2.51. The molecule has 0 bridgehead atoms. The Morgan fingerprint density at radius 1 is 1.44 bits per heavy atom. The standard InChI is InChI=1S/C13H17N3O2/c1-9(14)13(18)15-10-5-2-3-6-11(10)16-8-4-7-12(16)17/h2-3,5-6,9H,4,7-8,14H2,1H3,(H,15,18)/t9-/m1/s1. The molecule has 1 aliphatic heterocycles. The maximum atomic E-state index is 11.7. The molecule has 0 radical (unpaired) electrons. The highest BCUT2D eigenvalue weighted by atomic mass is 16.2. The third-order valence-electron chi connectivity index (χ3n) is 2.94. The summed E-state index contributed by atoms with van der Waals surface area (Å²) in [5, 5.41) is 2.75. The number of nitrogens with one attached hydrogen (secondary N) is 1. The number of amides is 2. The van der Waals surface area contributed by atoms with E-state index in [1.165, 1.54) is 0 Å². The van der Waals surface area contributed by atoms with Gasteiger partial charge in [0.2, 0.25) is 11.8 Å². The Morgan fingerprint density at radius 2 is 2.17 bits per heavy atom. The van der Waals surface area contributed by atoms with Crippen LogP contribution in [0.2, 0.25) is 0 Å². The van der Waals surface area contributed by atoms with Crippen molar-refractivity contribution in [1.29, 1.82) is 0 Å². The fourth-order valence-electron chi connectivity index (χ4n) is 1.96. The van der Waals surface area contributed by atoms with Gasteiger partial charge in [-0.2, -0.15) is 0 Å². The first-order valence-electron chi connectivity index (χ1n) is 6.05. The van der Waals surface area contributed by atoms with Gasteiger partial charge in [0.25, 0.3) is 0 Å². The molecule has 5 heteroatoms. The van der Waals surface area contributed by atoms with E-state index >= 15 is 0 Å². The van der Waals surface area contributed by atoms with E-state index in [1.807, 2.05) is 18.2 Å². The van der Waals surface area contributed by atoms with Crippen molar-refractivity contribution in [3.8, 4) is 0 Å². The Kier molecular flexibility index (Phi) is 3.62. The molecule has 5 nitrogen and oxygen atoms in total. The number of nitrogens with zero attached hydrogens (tertiary/aromatic N) is 1. The first-order chi connectivity index (χ1) is 8.59. The van der Waals surface area contributed by atoms with Crippen LogP contribution in [0.1, 0.15) is 19.8 Å². The lowest BCUT2D eigenvalue weighted by atomic mass is 10.2. The van der Waals surface area contributed by atoms with Crippen LogP contribution in [0.3, 0.4) is 0 Å². The highest BCUT2D eigenvalue weighted by Gasteiger charge is 2.24. The molecule has 96 valence electrons. The maximum Gasteiger partial charge on any atom is 0.241 e. The van der Waals surface area contributed by atoms with E-state index in [4.69, 9.17) is 5.73 Å². The van der Waals surface area contributed by atoms with E-state index in [2.05, 4.69) is 5.32 Å². The molecule has 1 aliphatic rings. The van der Waals surface area contributed by atoms with E-state index < -0.39 is 6.04 Å². The minimum Gasteiger partial charge on any atom is -0.323 e. The van der Waals surface area contributed by atoms with Crippen molar-refractivity contribution >= 4 is 23.2 Å². The van der Waals surface area contributed by atoms with Gasteiger partial charge in [-0.25, -0.2) is 0 Å². The molecule has 1 saturated heterocycles. The van der Waals surface area contributed by atoms with Crippen molar-refractivity contribution in [3.05, 3.63) is 24.3 Å². The molecule has 2 amide bonds. The minimum absolute atomic E-state index is 0.0949. The zero-order valence-corrected chi connectivity index (χ0v) is 10.3. The summed E-state index contributed by atoms with van der Waals surface area (Å²) in [6.45, 7) is 2.32. The molecule has 1 atom stereocenters. The van der Waals surface area contributed by atoms with Crippen molar-refractivity contribution in [3.63, 3.8) is 0 Å². The van der Waals surface area contributed by atoms with Gasteiger partial charge in [0.05, 0.1) is 17.4 Å². The molecular weight excluding hydrogens is 230 g/mol. The van der Waals surface area contributed by atoms with Gasteiger partial charge in [0, 0.05) is 13.0 Å². The van der Waals surface area contributed by atoms with Crippen LogP contribution in [0.15, 0.2) is 24.3 Å². The van der Waals surface area contributed by atoms with Crippen LogP contribution in [-0.4, -0.2) is 24.4 Å². The van der Waals surface area contributed by atoms with Crippen LogP contribution in [0.25, 0.3) is 0 Å². The van der Waals surface area contributed by atoms with E-state index in [0.717, 1.165) is 12.1 Å². The van der Waals surface area contributed by atoms with Gasteiger partial charge in [-0.15, -0.1) is 0 Å². The summed E-state index contributed by atoms with van der Waals surface area (Å²) >= 11 is 0. The van der Waals surface area contributed by atoms with Crippen molar-refractivity contribution in [2.24, 2.45) is 5.73 Å². The van der Waals surface area contributed by atoms with Gasteiger partial charge in [0.15, 0.2) is 0 Å². The molecule has 0 aromatic heterocycles. The van der Waals surface area contributed by atoms with Crippen LogP contribution in [0.4, 0.5) is 11.4 Å². The summed E-state index contributed by atoms with van der Waals surface area (Å²) < 4.78 is 0. The average Bonchev–Trinajstić information content (AvgIpc) is 2.76. The van der Waals surface area contributed by atoms with Gasteiger partial charge >= 0.3 is 0 Å². The van der Waals surface area contributed by atoms with Crippen LogP contribution >= 0.6 is 0 Å². The van der Waals surface area contributed by atoms with Crippen molar-refractivity contribution in [2.45, 2.75) is 25.8 Å². The molecule has 1 heterocycles. The monoisotopic (exact) mass is 247 g/mol. The highest BCUT2D eigenvalue weighted by molar-refractivity contribution is 6.03. The van der Waals surface area contributed by atoms with Crippen LogP contribution in [0, 0.1) is 0 Å². The largest absolute Gasteiger partial charge is 0.323 e. The molecule has 1 aromatic rings. The van der Waals surface area contributed by atoms with E-state index in [1.54, 1.807) is 17.9 Å². The Morgan fingerprint density at radius 3 is 2.78 bits per heavy atom. The first kappa shape index (κ1) is 12.6. The lowest BCUT2D eigenvalue weighted by Crippen LogP contribution is -2.33. The molecule has 0 spiro atoms. The van der Waals surface area contributed by atoms with E-state index in [9.17, 15) is 9.59 Å². The van der Waals surface area contributed by atoms with Gasteiger partial charge in [-0.1, -0.05) is 12.1 Å². The minimum atomic E-state index is -0.577. The number of benzene rings is 1. The van der Waals surface area contributed by atoms with Gasteiger partial charge in [-0.3, -0.25) is 9.59 Å². The SMILES string of the molecule is C[C@@H](N)C(=O)Nc1ccccc1N1CCCC1=O. The molecule has 0 aliphatic carbocycles. The maximum absolute atomic E-state index is 11.7. The number of carbonyl (C=O) groups is 2. The summed E-state index contributed by atoms with van der Waals surface area (Å²) in [5.74, 6) is -0.161. The molecule has 0 unspecified atom stereocenters. The third-order valence-corrected chi connectivity index (χ3v) is 2.94. The Balaban J connectivity index is 2.25. The second kappa shape index (κ2) is 5.18. The van der Waals surface area contributed by atoms with Gasteiger partial charge in [-0.05, 0) is 25.5 Å².